The Morgan fingerprint density at radius 1 is 1.32 bits per heavy atom. The van der Waals surface area contributed by atoms with Crippen LogP contribution in [0.1, 0.15) is 38.1 Å². The summed E-state index contributed by atoms with van der Waals surface area (Å²) in [6.07, 6.45) is 0. The summed E-state index contributed by atoms with van der Waals surface area (Å²) < 4.78 is 0. The van der Waals surface area contributed by atoms with E-state index in [1.807, 2.05) is 20.8 Å². The highest BCUT2D eigenvalue weighted by Crippen LogP contribution is 2.22. The number of nitrogens with zero attached hydrogens (tertiary/aromatic N) is 1. The molecule has 1 rings (SSSR count). The van der Waals surface area contributed by atoms with Gasteiger partial charge in [-0.1, -0.05) is 0 Å². The van der Waals surface area contributed by atoms with Gasteiger partial charge in [-0.15, -0.1) is 0 Å². The van der Waals surface area contributed by atoms with Gasteiger partial charge in [0.15, 0.2) is 0 Å². The maximum atomic E-state index is 12.1. The first kappa shape index (κ1) is 17.4. The second-order valence-corrected chi connectivity index (χ2v) is 5.97. The summed E-state index contributed by atoms with van der Waals surface area (Å²) in [5.74, 6) is -0.926. The molecule has 0 bridgehead atoms. The fraction of sp³-hybridized carbons (Fsp3) is 0.429. The van der Waals surface area contributed by atoms with Crippen LogP contribution in [0.5, 0.6) is 0 Å². The van der Waals surface area contributed by atoms with Crippen molar-refractivity contribution in [2.75, 3.05) is 5.73 Å². The molecular formula is C14H20N4O4. The minimum Gasteiger partial charge on any atom is -0.393 e. The number of nitrogens with one attached hydrogen (secondary N) is 2. The van der Waals surface area contributed by atoms with Gasteiger partial charge in [0, 0.05) is 17.2 Å². The van der Waals surface area contributed by atoms with E-state index in [-0.39, 0.29) is 22.8 Å². The molecule has 1 aromatic rings. The first-order chi connectivity index (χ1) is 10.0. The maximum absolute atomic E-state index is 12.1. The SMILES string of the molecule is CC(NC(=O)c1ccc(N)c([N+](=O)[O-])c1)C(=O)NC(C)(C)C. The number of amides is 2. The van der Waals surface area contributed by atoms with Gasteiger partial charge in [-0.3, -0.25) is 19.7 Å². The standard InChI is InChI=1S/C14H20N4O4/c1-8(12(19)17-14(2,3)4)16-13(20)9-5-6-10(15)11(7-9)18(21)22/h5-8H,15H2,1-4H3,(H,16,20)(H,17,19). The highest BCUT2D eigenvalue weighted by Gasteiger charge is 2.22. The molecule has 0 radical (unpaired) electrons. The third-order valence-electron chi connectivity index (χ3n) is 2.73. The third-order valence-corrected chi connectivity index (χ3v) is 2.73. The summed E-state index contributed by atoms with van der Waals surface area (Å²) in [5.41, 5.74) is 4.74. The van der Waals surface area contributed by atoms with E-state index in [1.165, 1.54) is 19.1 Å². The van der Waals surface area contributed by atoms with Gasteiger partial charge in [0.25, 0.3) is 11.6 Å². The topological polar surface area (TPSA) is 127 Å². The summed E-state index contributed by atoms with van der Waals surface area (Å²) in [7, 11) is 0. The van der Waals surface area contributed by atoms with Crippen molar-refractivity contribution in [3.8, 4) is 0 Å². The van der Waals surface area contributed by atoms with Crippen molar-refractivity contribution in [2.24, 2.45) is 0 Å². The lowest BCUT2D eigenvalue weighted by molar-refractivity contribution is -0.383. The van der Waals surface area contributed by atoms with Crippen molar-refractivity contribution in [2.45, 2.75) is 39.3 Å². The van der Waals surface area contributed by atoms with Crippen molar-refractivity contribution < 1.29 is 14.5 Å². The number of nitro groups is 1. The lowest BCUT2D eigenvalue weighted by Gasteiger charge is -2.23. The van der Waals surface area contributed by atoms with Gasteiger partial charge >= 0.3 is 0 Å². The minimum atomic E-state index is -0.775. The van der Waals surface area contributed by atoms with Gasteiger partial charge in [0.2, 0.25) is 5.91 Å². The van der Waals surface area contributed by atoms with Gasteiger partial charge in [-0.05, 0) is 39.8 Å². The Labute approximate surface area is 128 Å². The van der Waals surface area contributed by atoms with E-state index in [9.17, 15) is 19.7 Å². The molecule has 0 aliphatic carbocycles. The van der Waals surface area contributed by atoms with Crippen LogP contribution in [0.25, 0.3) is 0 Å². The van der Waals surface area contributed by atoms with Crippen LogP contribution < -0.4 is 16.4 Å². The molecule has 0 heterocycles. The zero-order valence-electron chi connectivity index (χ0n) is 13.0. The Hall–Kier alpha value is -2.64. The first-order valence-corrected chi connectivity index (χ1v) is 6.68. The van der Waals surface area contributed by atoms with Crippen LogP contribution in [0.3, 0.4) is 0 Å². The first-order valence-electron chi connectivity index (χ1n) is 6.68. The van der Waals surface area contributed by atoms with Crippen LogP contribution in [0, 0.1) is 10.1 Å². The van der Waals surface area contributed by atoms with Gasteiger partial charge in [-0.25, -0.2) is 0 Å². The third kappa shape index (κ3) is 4.72. The van der Waals surface area contributed by atoms with Gasteiger partial charge in [0.1, 0.15) is 11.7 Å². The van der Waals surface area contributed by atoms with Crippen molar-refractivity contribution in [3.63, 3.8) is 0 Å². The molecule has 0 saturated carbocycles. The van der Waals surface area contributed by atoms with Crippen molar-refractivity contribution in [1.29, 1.82) is 0 Å². The molecular weight excluding hydrogens is 288 g/mol. The second kappa shape index (κ2) is 6.42. The zero-order chi connectivity index (χ0) is 17.1. The number of hydrogen-bond donors (Lipinski definition) is 3. The summed E-state index contributed by atoms with van der Waals surface area (Å²) >= 11 is 0. The molecule has 2 amide bonds. The second-order valence-electron chi connectivity index (χ2n) is 5.97. The lowest BCUT2D eigenvalue weighted by Crippen LogP contribution is -2.50. The molecule has 0 aliphatic heterocycles. The van der Waals surface area contributed by atoms with E-state index in [1.54, 1.807) is 0 Å². The van der Waals surface area contributed by atoms with Crippen molar-refractivity contribution in [3.05, 3.63) is 33.9 Å². The van der Waals surface area contributed by atoms with Crippen LogP contribution in [0.15, 0.2) is 18.2 Å². The Morgan fingerprint density at radius 3 is 2.41 bits per heavy atom. The lowest BCUT2D eigenvalue weighted by atomic mass is 10.1. The molecule has 1 atom stereocenters. The number of nitrogen functional groups attached to an aromatic ring is 1. The average Bonchev–Trinajstić information content (AvgIpc) is 2.36. The molecule has 22 heavy (non-hydrogen) atoms. The Balaban J connectivity index is 2.83. The summed E-state index contributed by atoms with van der Waals surface area (Å²) in [6.45, 7) is 7.00. The van der Waals surface area contributed by atoms with E-state index in [0.717, 1.165) is 6.07 Å². The van der Waals surface area contributed by atoms with E-state index in [0.29, 0.717) is 0 Å². The minimum absolute atomic E-state index is 0.0277. The van der Waals surface area contributed by atoms with E-state index < -0.39 is 22.4 Å². The summed E-state index contributed by atoms with van der Waals surface area (Å²) in [4.78, 5) is 34.1. The monoisotopic (exact) mass is 308 g/mol. The normalized spacial score (nSPS) is 12.4. The zero-order valence-corrected chi connectivity index (χ0v) is 13.0. The predicted octanol–water partition coefficient (Wildman–Crippen LogP) is 1.21. The molecule has 1 aromatic carbocycles. The van der Waals surface area contributed by atoms with E-state index in [4.69, 9.17) is 5.73 Å². The number of anilines is 1. The maximum Gasteiger partial charge on any atom is 0.292 e. The fourth-order valence-electron chi connectivity index (χ4n) is 1.67. The average molecular weight is 308 g/mol. The number of nitrogens with two attached hydrogens (primary N) is 1. The summed E-state index contributed by atoms with van der Waals surface area (Å²) in [5, 5.41) is 16.0. The molecule has 0 aromatic heterocycles. The molecule has 8 nitrogen and oxygen atoms in total. The Kier molecular flexibility index (Phi) is 5.08. The fourth-order valence-corrected chi connectivity index (χ4v) is 1.67. The smallest absolute Gasteiger partial charge is 0.292 e. The quantitative estimate of drug-likeness (QED) is 0.437. The number of carbonyl (C=O) groups excluding carboxylic acids is 2. The number of benzene rings is 1. The molecule has 4 N–H and O–H groups in total. The number of rotatable bonds is 4. The van der Waals surface area contributed by atoms with E-state index >= 15 is 0 Å². The van der Waals surface area contributed by atoms with Crippen LogP contribution in [-0.4, -0.2) is 28.3 Å². The molecule has 0 spiro atoms. The molecule has 0 saturated heterocycles. The highest BCUT2D eigenvalue weighted by atomic mass is 16.6. The van der Waals surface area contributed by atoms with Gasteiger partial charge < -0.3 is 16.4 Å². The van der Waals surface area contributed by atoms with Crippen LogP contribution in [0.2, 0.25) is 0 Å². The molecule has 8 heteroatoms. The Bertz CT molecular complexity index is 607. The predicted molar refractivity (Wildman–Crippen MR) is 82.3 cm³/mol. The van der Waals surface area contributed by atoms with Gasteiger partial charge in [-0.2, -0.15) is 0 Å². The number of nitro benzene ring substituents is 1. The molecule has 1 unspecified atom stereocenters. The van der Waals surface area contributed by atoms with E-state index in [2.05, 4.69) is 10.6 Å². The number of hydrogen-bond acceptors (Lipinski definition) is 5. The van der Waals surface area contributed by atoms with Crippen LogP contribution in [0.4, 0.5) is 11.4 Å². The number of carbonyl (C=O) groups is 2. The Morgan fingerprint density at radius 2 is 1.91 bits per heavy atom. The molecule has 0 aliphatic rings. The van der Waals surface area contributed by atoms with Crippen molar-refractivity contribution >= 4 is 23.2 Å². The largest absolute Gasteiger partial charge is 0.393 e. The highest BCUT2D eigenvalue weighted by molar-refractivity contribution is 5.98. The van der Waals surface area contributed by atoms with Gasteiger partial charge in [0.05, 0.1) is 4.92 Å². The summed E-state index contributed by atoms with van der Waals surface area (Å²) in [6, 6.07) is 2.96. The van der Waals surface area contributed by atoms with Crippen LogP contribution >= 0.6 is 0 Å². The van der Waals surface area contributed by atoms with Crippen LogP contribution in [-0.2, 0) is 4.79 Å². The van der Waals surface area contributed by atoms with Crippen molar-refractivity contribution in [1.82, 2.24) is 10.6 Å². The molecule has 120 valence electrons. The molecule has 0 fully saturated rings.